The summed E-state index contributed by atoms with van der Waals surface area (Å²) < 4.78 is 2.21. The van der Waals surface area contributed by atoms with E-state index in [0.717, 1.165) is 17.7 Å². The third-order valence-electron chi connectivity index (χ3n) is 3.67. The molecular formula is C19H16N2. The zero-order valence-electron chi connectivity index (χ0n) is 12.0. The highest BCUT2D eigenvalue weighted by Gasteiger charge is 2.07. The Morgan fingerprint density at radius 3 is 2.52 bits per heavy atom. The molecule has 3 aromatic rings. The van der Waals surface area contributed by atoms with Gasteiger partial charge in [-0.25, -0.2) is 0 Å². The second-order valence-electron chi connectivity index (χ2n) is 4.92. The molecule has 0 aliphatic heterocycles. The first-order chi connectivity index (χ1) is 10.3. The summed E-state index contributed by atoms with van der Waals surface area (Å²) in [5.41, 5.74) is 3.94. The van der Waals surface area contributed by atoms with Crippen LogP contribution in [0.3, 0.4) is 0 Å². The molecule has 2 heteroatoms. The molecule has 2 nitrogen and oxygen atoms in total. The summed E-state index contributed by atoms with van der Waals surface area (Å²) in [6, 6.07) is 20.4. The average Bonchev–Trinajstić information content (AvgIpc) is 2.91. The van der Waals surface area contributed by atoms with E-state index in [4.69, 9.17) is 0 Å². The number of rotatable bonds is 3. The zero-order valence-corrected chi connectivity index (χ0v) is 12.0. The maximum absolute atomic E-state index is 9.45. The van der Waals surface area contributed by atoms with E-state index in [1.165, 1.54) is 10.9 Å². The van der Waals surface area contributed by atoms with E-state index in [-0.39, 0.29) is 0 Å². The largest absolute Gasteiger partial charge is 0.347 e. The molecule has 102 valence electrons. The Kier molecular flexibility index (Phi) is 3.57. The fourth-order valence-corrected chi connectivity index (χ4v) is 2.61. The number of para-hydroxylation sites is 1. The number of aromatic nitrogens is 1. The van der Waals surface area contributed by atoms with E-state index in [9.17, 15) is 5.26 Å². The average molecular weight is 272 g/mol. The summed E-state index contributed by atoms with van der Waals surface area (Å²) in [6.45, 7) is 3.05. The van der Waals surface area contributed by atoms with Crippen LogP contribution in [-0.4, -0.2) is 4.57 Å². The summed E-state index contributed by atoms with van der Waals surface area (Å²) >= 11 is 0. The van der Waals surface area contributed by atoms with Gasteiger partial charge in [-0.3, -0.25) is 0 Å². The van der Waals surface area contributed by atoms with Gasteiger partial charge in [0.1, 0.15) is 0 Å². The van der Waals surface area contributed by atoms with Gasteiger partial charge in [0, 0.05) is 29.2 Å². The second-order valence-corrected chi connectivity index (χ2v) is 4.92. The van der Waals surface area contributed by atoms with Crippen LogP contribution in [0.2, 0.25) is 0 Å². The van der Waals surface area contributed by atoms with E-state index in [1.54, 1.807) is 0 Å². The molecule has 0 atom stereocenters. The number of hydrogen-bond donors (Lipinski definition) is 0. The molecule has 0 unspecified atom stereocenters. The van der Waals surface area contributed by atoms with Crippen LogP contribution in [0.25, 0.3) is 22.6 Å². The Balaban J connectivity index is 2.17. The second kappa shape index (κ2) is 5.68. The number of allylic oxidation sites excluding steroid dienone is 1. The molecule has 0 amide bonds. The van der Waals surface area contributed by atoms with Gasteiger partial charge < -0.3 is 4.57 Å². The normalized spacial score (nSPS) is 11.5. The first-order valence-electron chi connectivity index (χ1n) is 7.08. The molecule has 1 heterocycles. The number of hydrogen-bond acceptors (Lipinski definition) is 1. The molecule has 0 fully saturated rings. The maximum Gasteiger partial charge on any atom is 0.0998 e. The fraction of sp³-hybridized carbons (Fsp3) is 0.105. The summed E-state index contributed by atoms with van der Waals surface area (Å²) in [5.74, 6) is 0. The first kappa shape index (κ1) is 13.2. The fourth-order valence-electron chi connectivity index (χ4n) is 2.61. The first-order valence-corrected chi connectivity index (χ1v) is 7.08. The Labute approximate surface area is 124 Å². The molecule has 3 rings (SSSR count). The van der Waals surface area contributed by atoms with Gasteiger partial charge in [0.2, 0.25) is 0 Å². The third-order valence-corrected chi connectivity index (χ3v) is 3.67. The quantitative estimate of drug-likeness (QED) is 0.634. The molecule has 0 spiro atoms. The smallest absolute Gasteiger partial charge is 0.0998 e. The van der Waals surface area contributed by atoms with Crippen LogP contribution >= 0.6 is 0 Å². The van der Waals surface area contributed by atoms with Crippen LogP contribution in [0.1, 0.15) is 18.1 Å². The standard InChI is InChI=1S/C19H16N2/c1-2-21-14-17(18-10-6-7-11-19(18)21)12-16(13-20)15-8-4-3-5-9-15/h3-12,14H,2H2,1H3/b16-12-. The van der Waals surface area contributed by atoms with Crippen molar-refractivity contribution in [2.45, 2.75) is 13.5 Å². The van der Waals surface area contributed by atoms with Crippen molar-refractivity contribution in [2.24, 2.45) is 0 Å². The van der Waals surface area contributed by atoms with Crippen LogP contribution in [0.4, 0.5) is 0 Å². The van der Waals surface area contributed by atoms with Crippen molar-refractivity contribution in [3.63, 3.8) is 0 Å². The lowest BCUT2D eigenvalue weighted by atomic mass is 10.0. The van der Waals surface area contributed by atoms with E-state index in [0.29, 0.717) is 5.57 Å². The van der Waals surface area contributed by atoms with Gasteiger partial charge in [-0.15, -0.1) is 0 Å². The minimum Gasteiger partial charge on any atom is -0.347 e. The predicted octanol–water partition coefficient (Wildman–Crippen LogP) is 4.73. The van der Waals surface area contributed by atoms with Gasteiger partial charge >= 0.3 is 0 Å². The Bertz CT molecular complexity index is 833. The van der Waals surface area contributed by atoms with Crippen LogP contribution in [-0.2, 0) is 6.54 Å². The third kappa shape index (κ3) is 2.46. The molecule has 2 aromatic carbocycles. The summed E-state index contributed by atoms with van der Waals surface area (Å²) in [4.78, 5) is 0. The Morgan fingerprint density at radius 1 is 1.10 bits per heavy atom. The van der Waals surface area contributed by atoms with E-state index in [2.05, 4.69) is 35.9 Å². The molecule has 0 aliphatic rings. The highest BCUT2D eigenvalue weighted by atomic mass is 14.9. The highest BCUT2D eigenvalue weighted by Crippen LogP contribution is 2.25. The van der Waals surface area contributed by atoms with Crippen molar-refractivity contribution in [3.05, 3.63) is 71.9 Å². The lowest BCUT2D eigenvalue weighted by Gasteiger charge is -1.98. The van der Waals surface area contributed by atoms with Gasteiger partial charge in [0.15, 0.2) is 0 Å². The Morgan fingerprint density at radius 2 is 1.81 bits per heavy atom. The molecule has 0 N–H and O–H groups in total. The number of fused-ring (bicyclic) bond motifs is 1. The van der Waals surface area contributed by atoms with Crippen LogP contribution < -0.4 is 0 Å². The molecule has 21 heavy (non-hydrogen) atoms. The molecule has 0 saturated heterocycles. The Hall–Kier alpha value is -2.79. The summed E-state index contributed by atoms with van der Waals surface area (Å²) in [6.07, 6.45) is 4.09. The monoisotopic (exact) mass is 272 g/mol. The van der Waals surface area contributed by atoms with Crippen LogP contribution in [0, 0.1) is 11.3 Å². The van der Waals surface area contributed by atoms with Crippen LogP contribution in [0.15, 0.2) is 60.8 Å². The topological polar surface area (TPSA) is 28.7 Å². The van der Waals surface area contributed by atoms with Gasteiger partial charge in [-0.05, 0) is 24.6 Å². The summed E-state index contributed by atoms with van der Waals surface area (Å²) in [5, 5.41) is 10.6. The van der Waals surface area contributed by atoms with Gasteiger partial charge in [-0.1, -0.05) is 48.5 Å². The molecule has 0 aliphatic carbocycles. The molecular weight excluding hydrogens is 256 g/mol. The van der Waals surface area contributed by atoms with Crippen molar-refractivity contribution < 1.29 is 0 Å². The van der Waals surface area contributed by atoms with Crippen molar-refractivity contribution in [2.75, 3.05) is 0 Å². The molecule has 0 saturated carbocycles. The van der Waals surface area contributed by atoms with E-state index in [1.807, 2.05) is 48.5 Å². The van der Waals surface area contributed by atoms with Crippen molar-refractivity contribution in [1.29, 1.82) is 5.26 Å². The number of nitriles is 1. The van der Waals surface area contributed by atoms with Crippen molar-refractivity contribution in [1.82, 2.24) is 4.57 Å². The van der Waals surface area contributed by atoms with Crippen molar-refractivity contribution >= 4 is 22.6 Å². The minimum atomic E-state index is 0.689. The zero-order chi connectivity index (χ0) is 14.7. The maximum atomic E-state index is 9.45. The predicted molar refractivity (Wildman–Crippen MR) is 87.5 cm³/mol. The van der Waals surface area contributed by atoms with Crippen LogP contribution in [0.5, 0.6) is 0 Å². The number of aryl methyl sites for hydroxylation is 1. The lowest BCUT2D eigenvalue weighted by molar-refractivity contribution is 0.797. The highest BCUT2D eigenvalue weighted by molar-refractivity contribution is 5.98. The van der Waals surface area contributed by atoms with E-state index >= 15 is 0 Å². The van der Waals surface area contributed by atoms with Crippen molar-refractivity contribution in [3.8, 4) is 6.07 Å². The summed E-state index contributed by atoms with van der Waals surface area (Å²) in [7, 11) is 0. The number of nitrogens with zero attached hydrogens (tertiary/aromatic N) is 2. The SMILES string of the molecule is CCn1cc(/C=C(/C#N)c2ccccc2)c2ccccc21. The van der Waals surface area contributed by atoms with Gasteiger partial charge in [-0.2, -0.15) is 5.26 Å². The number of benzene rings is 2. The molecule has 0 bridgehead atoms. The molecule has 1 aromatic heterocycles. The molecule has 0 radical (unpaired) electrons. The minimum absolute atomic E-state index is 0.689. The van der Waals surface area contributed by atoms with Gasteiger partial charge in [0.25, 0.3) is 0 Å². The van der Waals surface area contributed by atoms with E-state index < -0.39 is 0 Å². The lowest BCUT2D eigenvalue weighted by Crippen LogP contribution is -1.89. The van der Waals surface area contributed by atoms with Gasteiger partial charge in [0.05, 0.1) is 11.6 Å².